The lowest BCUT2D eigenvalue weighted by Crippen LogP contribution is -2.39. The minimum absolute atomic E-state index is 0.332. The molecule has 3 atom stereocenters. The fraction of sp³-hybridized carbons (Fsp3) is 0.219. The van der Waals surface area contributed by atoms with Crippen LogP contribution in [0.3, 0.4) is 0 Å². The van der Waals surface area contributed by atoms with Crippen molar-refractivity contribution in [2.45, 2.75) is 32.1 Å². The van der Waals surface area contributed by atoms with Crippen LogP contribution in [0.2, 0.25) is 0 Å². The van der Waals surface area contributed by atoms with Gasteiger partial charge in [-0.15, -0.1) is 0 Å². The Labute approximate surface area is 206 Å². The highest BCUT2D eigenvalue weighted by atomic mass is 32.2. The second-order valence-corrected chi connectivity index (χ2v) is 10.8. The van der Waals surface area contributed by atoms with Crippen molar-refractivity contribution in [3.8, 4) is 0 Å². The summed E-state index contributed by atoms with van der Waals surface area (Å²) in [5, 5.41) is 2.59. The molecule has 6 rings (SSSR count). The molecule has 1 nitrogen and oxygen atoms in total. The van der Waals surface area contributed by atoms with Gasteiger partial charge in [0.05, 0.1) is 0 Å². The Morgan fingerprint density at radius 3 is 2.76 bits per heavy atom. The van der Waals surface area contributed by atoms with E-state index in [9.17, 15) is 0 Å². The van der Waals surface area contributed by atoms with Crippen LogP contribution in [0.5, 0.6) is 0 Å². The molecule has 0 amide bonds. The number of nitrogens with zero attached hydrogens (tertiary/aromatic N) is 1. The summed E-state index contributed by atoms with van der Waals surface area (Å²) in [6.07, 6.45) is 25.9. The Kier molecular flexibility index (Phi) is 5.42. The molecule has 0 aliphatic heterocycles. The molecule has 4 aliphatic carbocycles. The summed E-state index contributed by atoms with van der Waals surface area (Å²) in [6.45, 7) is 6.74. The highest BCUT2D eigenvalue weighted by Gasteiger charge is 2.34. The Morgan fingerprint density at radius 1 is 0.971 bits per heavy atom. The fourth-order valence-corrected chi connectivity index (χ4v) is 6.80. The van der Waals surface area contributed by atoms with Crippen LogP contribution in [0.4, 0.5) is 0 Å². The van der Waals surface area contributed by atoms with Crippen LogP contribution in [-0.2, 0) is 0 Å². The smallest absolute Gasteiger partial charge is 0.0349 e. The summed E-state index contributed by atoms with van der Waals surface area (Å²) in [7, 11) is 0. The molecule has 0 saturated carbocycles. The number of pyridine rings is 1. The lowest BCUT2D eigenvalue weighted by molar-refractivity contribution is 0.597. The summed E-state index contributed by atoms with van der Waals surface area (Å²) in [4.78, 5) is 7.27. The van der Waals surface area contributed by atoms with E-state index in [0.717, 1.165) is 6.42 Å². The van der Waals surface area contributed by atoms with Crippen molar-refractivity contribution in [1.29, 1.82) is 0 Å². The molecule has 168 valence electrons. The summed E-state index contributed by atoms with van der Waals surface area (Å²) in [5.74, 6) is 1.27. The van der Waals surface area contributed by atoms with E-state index < -0.39 is 0 Å². The zero-order chi connectivity index (χ0) is 23.2. The Morgan fingerprint density at radius 2 is 1.88 bits per heavy atom. The quantitative estimate of drug-likeness (QED) is 0.519. The molecule has 0 fully saturated rings. The van der Waals surface area contributed by atoms with Crippen LogP contribution in [0.15, 0.2) is 113 Å². The molecule has 0 spiro atoms. The molecule has 1 aromatic carbocycles. The van der Waals surface area contributed by atoms with Gasteiger partial charge in [-0.3, -0.25) is 4.98 Å². The number of hydrogen-bond donors (Lipinski definition) is 0. The van der Waals surface area contributed by atoms with Crippen LogP contribution >= 0.6 is 11.8 Å². The lowest BCUT2D eigenvalue weighted by Gasteiger charge is -2.35. The average molecular weight is 460 g/mol. The molecule has 4 aliphatic rings. The standard InChI is InChI=1S/C32H29NS/c1-20-11-14-26(17-22(20)3)34-32-27-15-16-33-19-29(27)31(30-21(2)7-6-10-28(30)32)25-13-12-23-8-4-5-9-24(23)18-25/h4-11,13-19,21,23,30H,12H2,1-3H3. The Bertz CT molecular complexity index is 1490. The van der Waals surface area contributed by atoms with Gasteiger partial charge in [0.1, 0.15) is 0 Å². The van der Waals surface area contributed by atoms with E-state index in [2.05, 4.69) is 111 Å². The van der Waals surface area contributed by atoms with E-state index in [1.807, 2.05) is 18.0 Å². The maximum absolute atomic E-state index is 4.60. The van der Waals surface area contributed by atoms with Gasteiger partial charge in [0.25, 0.3) is 0 Å². The number of fused-ring (bicyclic) bond motifs is 3. The summed E-state index contributed by atoms with van der Waals surface area (Å²) in [5.41, 5.74) is 8.34. The van der Waals surface area contributed by atoms with Crippen LogP contribution < -0.4 is 10.4 Å². The Balaban J connectivity index is 1.59. The number of allylic oxidation sites excluding steroid dienone is 11. The average Bonchev–Trinajstić information content (AvgIpc) is 2.86. The van der Waals surface area contributed by atoms with Gasteiger partial charge in [0.2, 0.25) is 0 Å². The van der Waals surface area contributed by atoms with E-state index in [4.69, 9.17) is 0 Å². The molecule has 34 heavy (non-hydrogen) atoms. The van der Waals surface area contributed by atoms with Crippen LogP contribution in [0, 0.1) is 31.6 Å². The SMILES string of the molecule is Cc1ccc(SC2=c3ccncc3=C(C3=CCC4C=CC=CC4=C3)C3C2=CC=CC3C)cc1C. The molecule has 1 heterocycles. The predicted octanol–water partition coefficient (Wildman–Crippen LogP) is 6.51. The fourth-order valence-electron chi connectivity index (χ4n) is 5.59. The molecular formula is C32H29NS. The van der Waals surface area contributed by atoms with E-state index in [1.165, 1.54) is 53.7 Å². The first-order valence-electron chi connectivity index (χ1n) is 12.2. The predicted molar refractivity (Wildman–Crippen MR) is 145 cm³/mol. The number of thioether (sulfide) groups is 1. The highest BCUT2D eigenvalue weighted by Crippen LogP contribution is 2.47. The normalized spacial score (nSPS) is 24.7. The van der Waals surface area contributed by atoms with Gasteiger partial charge >= 0.3 is 0 Å². The van der Waals surface area contributed by atoms with Crippen molar-refractivity contribution in [1.82, 2.24) is 4.98 Å². The third-order valence-corrected chi connectivity index (χ3v) is 8.72. The monoisotopic (exact) mass is 459 g/mol. The largest absolute Gasteiger partial charge is 0.264 e. The minimum atomic E-state index is 0.332. The summed E-state index contributed by atoms with van der Waals surface area (Å²) in [6, 6.07) is 9.03. The molecule has 3 unspecified atom stereocenters. The summed E-state index contributed by atoms with van der Waals surface area (Å²) >= 11 is 1.90. The van der Waals surface area contributed by atoms with Crippen molar-refractivity contribution in [3.63, 3.8) is 0 Å². The van der Waals surface area contributed by atoms with Gasteiger partial charge in [-0.25, -0.2) is 0 Å². The highest BCUT2D eigenvalue weighted by molar-refractivity contribution is 8.08. The second kappa shape index (κ2) is 8.60. The molecule has 0 N–H and O–H groups in total. The van der Waals surface area contributed by atoms with Gasteiger partial charge in [-0.1, -0.05) is 79.4 Å². The zero-order valence-electron chi connectivity index (χ0n) is 20.0. The molecule has 0 radical (unpaired) electrons. The molecule has 2 aromatic rings. The molecular weight excluding hydrogens is 430 g/mol. The maximum atomic E-state index is 4.60. The first-order chi connectivity index (χ1) is 16.6. The van der Waals surface area contributed by atoms with Gasteiger partial charge in [-0.05, 0) is 83.0 Å². The molecule has 2 heteroatoms. The van der Waals surface area contributed by atoms with Crippen molar-refractivity contribution in [3.05, 3.63) is 130 Å². The van der Waals surface area contributed by atoms with Crippen molar-refractivity contribution >= 4 is 22.2 Å². The second-order valence-electron chi connectivity index (χ2n) is 9.75. The third-order valence-electron chi connectivity index (χ3n) is 7.57. The van der Waals surface area contributed by atoms with Crippen molar-refractivity contribution in [2.75, 3.05) is 0 Å². The molecule has 1 aromatic heterocycles. The topological polar surface area (TPSA) is 12.9 Å². The number of hydrogen-bond acceptors (Lipinski definition) is 2. The lowest BCUT2D eigenvalue weighted by atomic mass is 9.70. The van der Waals surface area contributed by atoms with Gasteiger partial charge in [-0.2, -0.15) is 0 Å². The zero-order valence-corrected chi connectivity index (χ0v) is 20.8. The molecule has 0 saturated heterocycles. The van der Waals surface area contributed by atoms with E-state index in [-0.39, 0.29) is 0 Å². The van der Waals surface area contributed by atoms with Gasteiger partial charge in [0, 0.05) is 39.2 Å². The van der Waals surface area contributed by atoms with Crippen molar-refractivity contribution < 1.29 is 0 Å². The van der Waals surface area contributed by atoms with E-state index in [1.54, 1.807) is 0 Å². The van der Waals surface area contributed by atoms with Gasteiger partial charge < -0.3 is 0 Å². The first kappa shape index (κ1) is 21.4. The number of aromatic nitrogens is 1. The Hall–Kier alpha value is -3.10. The summed E-state index contributed by atoms with van der Waals surface area (Å²) < 4.78 is 0. The third kappa shape index (κ3) is 3.61. The first-order valence-corrected chi connectivity index (χ1v) is 13.0. The van der Waals surface area contributed by atoms with E-state index >= 15 is 0 Å². The van der Waals surface area contributed by atoms with E-state index in [0.29, 0.717) is 17.8 Å². The van der Waals surface area contributed by atoms with Crippen LogP contribution in [0.25, 0.3) is 10.5 Å². The van der Waals surface area contributed by atoms with Gasteiger partial charge in [0.15, 0.2) is 0 Å². The number of benzene rings is 1. The minimum Gasteiger partial charge on any atom is -0.264 e. The maximum Gasteiger partial charge on any atom is 0.0349 e. The molecule has 0 bridgehead atoms. The van der Waals surface area contributed by atoms with Crippen LogP contribution in [-0.4, -0.2) is 4.98 Å². The van der Waals surface area contributed by atoms with Crippen molar-refractivity contribution in [2.24, 2.45) is 17.8 Å². The number of rotatable bonds is 3. The van der Waals surface area contributed by atoms with Crippen LogP contribution in [0.1, 0.15) is 24.5 Å². The number of aryl methyl sites for hydroxylation is 2.